The zero-order valence-corrected chi connectivity index (χ0v) is 20.2. The highest BCUT2D eigenvalue weighted by atomic mass is 35.5. The largest absolute Gasteiger partial charge is 0.471 e. The highest BCUT2D eigenvalue weighted by Gasteiger charge is 2.40. The van der Waals surface area contributed by atoms with Crippen molar-refractivity contribution < 1.29 is 36.6 Å². The summed E-state index contributed by atoms with van der Waals surface area (Å²) in [4.78, 5) is 34.5. The Hall–Kier alpha value is -1.89. The average molecular weight is 550 g/mol. The summed E-state index contributed by atoms with van der Waals surface area (Å²) in [7, 11) is -3.67. The summed E-state index contributed by atoms with van der Waals surface area (Å²) in [5.74, 6) is -3.82. The molecule has 1 unspecified atom stereocenters. The monoisotopic (exact) mass is 549 g/mol. The van der Waals surface area contributed by atoms with Gasteiger partial charge in [0.15, 0.2) is 0 Å². The molecule has 0 fully saturated rings. The summed E-state index contributed by atoms with van der Waals surface area (Å²) in [6, 6.07) is 4.15. The van der Waals surface area contributed by atoms with E-state index in [-0.39, 0.29) is 37.1 Å². The number of nitrogens with two attached hydrogens (primary N) is 2. The highest BCUT2D eigenvalue weighted by molar-refractivity contribution is 7.53. The van der Waals surface area contributed by atoms with Crippen molar-refractivity contribution >= 4 is 54.3 Å². The van der Waals surface area contributed by atoms with Crippen LogP contribution in [0, 0.1) is 0 Å². The molecular weight excluding hydrogens is 525 g/mol. The summed E-state index contributed by atoms with van der Waals surface area (Å²) in [5, 5.41) is 3.88. The van der Waals surface area contributed by atoms with Crippen LogP contribution in [0.5, 0.6) is 0 Å². The van der Waals surface area contributed by atoms with E-state index in [2.05, 4.69) is 5.32 Å². The lowest BCUT2D eigenvalue weighted by Gasteiger charge is -2.26. The highest BCUT2D eigenvalue weighted by Crippen LogP contribution is 2.43. The lowest BCUT2D eigenvalue weighted by Crippen LogP contribution is -2.49. The molecule has 0 aliphatic rings. The van der Waals surface area contributed by atoms with E-state index in [1.165, 1.54) is 34.3 Å². The second kappa shape index (κ2) is 13.9. The molecule has 2 atom stereocenters. The van der Waals surface area contributed by atoms with Gasteiger partial charge in [-0.2, -0.15) is 13.2 Å². The number of carbonyl (C=O) groups is 3. The Balaban J connectivity index is 2.80. The SMILES string of the molecule is NC(=O)CC[C@H](NC(=O)C(F)(F)F)C(=O)Nc1ccc(COP(N)(=O)N(CCCl)CCCl)cc1. The van der Waals surface area contributed by atoms with Gasteiger partial charge < -0.3 is 20.9 Å². The van der Waals surface area contributed by atoms with E-state index in [0.717, 1.165) is 0 Å². The van der Waals surface area contributed by atoms with Crippen molar-refractivity contribution in [3.63, 3.8) is 0 Å². The van der Waals surface area contributed by atoms with Gasteiger partial charge in [0.1, 0.15) is 6.04 Å². The number of benzene rings is 1. The van der Waals surface area contributed by atoms with Crippen LogP contribution >= 0.6 is 30.9 Å². The summed E-state index contributed by atoms with van der Waals surface area (Å²) < 4.78 is 56.9. The number of hydrogen-bond acceptors (Lipinski definition) is 5. The minimum Gasteiger partial charge on any atom is -0.370 e. The molecule has 1 rings (SSSR count). The van der Waals surface area contributed by atoms with E-state index >= 15 is 0 Å². The fourth-order valence-corrected chi connectivity index (χ4v) is 4.44. The van der Waals surface area contributed by atoms with Crippen molar-refractivity contribution in [2.75, 3.05) is 30.2 Å². The molecule has 16 heteroatoms. The van der Waals surface area contributed by atoms with Crippen molar-refractivity contribution in [3.8, 4) is 0 Å². The molecule has 0 aliphatic heterocycles. The van der Waals surface area contributed by atoms with Gasteiger partial charge in [0, 0.05) is 37.0 Å². The maximum Gasteiger partial charge on any atom is 0.471 e. The first kappa shape index (κ1) is 30.1. The van der Waals surface area contributed by atoms with E-state index < -0.39 is 50.5 Å². The molecule has 3 amide bonds. The zero-order chi connectivity index (χ0) is 25.9. The van der Waals surface area contributed by atoms with Gasteiger partial charge in [-0.15, -0.1) is 23.2 Å². The number of nitrogens with one attached hydrogen (secondary N) is 2. The van der Waals surface area contributed by atoms with Crippen molar-refractivity contribution in [3.05, 3.63) is 29.8 Å². The van der Waals surface area contributed by atoms with Gasteiger partial charge in [-0.3, -0.25) is 18.9 Å². The van der Waals surface area contributed by atoms with Gasteiger partial charge in [-0.25, -0.2) is 10.2 Å². The number of carbonyl (C=O) groups excluding carboxylic acids is 3. The molecule has 0 spiro atoms. The van der Waals surface area contributed by atoms with Gasteiger partial charge >= 0.3 is 19.8 Å². The first-order valence-corrected chi connectivity index (χ1v) is 12.5. The maximum absolute atomic E-state index is 12.6. The quantitative estimate of drug-likeness (QED) is 0.205. The van der Waals surface area contributed by atoms with E-state index in [0.29, 0.717) is 5.56 Å². The molecule has 0 bridgehead atoms. The summed E-state index contributed by atoms with van der Waals surface area (Å²) in [6.07, 6.45) is -6.06. The van der Waals surface area contributed by atoms with Crippen LogP contribution in [0.1, 0.15) is 18.4 Å². The van der Waals surface area contributed by atoms with Crippen molar-refractivity contribution in [1.29, 1.82) is 0 Å². The van der Waals surface area contributed by atoms with Crippen molar-refractivity contribution in [2.24, 2.45) is 11.2 Å². The van der Waals surface area contributed by atoms with Crippen LogP contribution in [-0.2, 0) is 30.1 Å². The van der Waals surface area contributed by atoms with Gasteiger partial charge in [0.2, 0.25) is 11.8 Å². The molecule has 1 aromatic carbocycles. The number of anilines is 1. The van der Waals surface area contributed by atoms with E-state index in [1.807, 2.05) is 0 Å². The summed E-state index contributed by atoms with van der Waals surface area (Å²) >= 11 is 11.3. The molecule has 34 heavy (non-hydrogen) atoms. The third kappa shape index (κ3) is 10.6. The first-order chi connectivity index (χ1) is 15.8. The van der Waals surface area contributed by atoms with Gasteiger partial charge in [0.05, 0.1) is 6.61 Å². The fourth-order valence-electron chi connectivity index (χ4n) is 2.54. The predicted octanol–water partition coefficient (Wildman–Crippen LogP) is 2.30. The second-order valence-electron chi connectivity index (χ2n) is 6.88. The van der Waals surface area contributed by atoms with Crippen LogP contribution < -0.4 is 21.9 Å². The van der Waals surface area contributed by atoms with Crippen molar-refractivity contribution in [1.82, 2.24) is 9.99 Å². The Labute approximate surface area is 204 Å². The topological polar surface area (TPSA) is 157 Å². The van der Waals surface area contributed by atoms with Gasteiger partial charge in [-0.1, -0.05) is 12.1 Å². The number of amides is 3. The number of hydrogen-bond donors (Lipinski definition) is 4. The number of primary amides is 1. The number of rotatable bonds is 14. The third-order valence-electron chi connectivity index (χ3n) is 4.28. The summed E-state index contributed by atoms with van der Waals surface area (Å²) in [6.45, 7) is 0.260. The molecule has 0 aliphatic carbocycles. The minimum absolute atomic E-state index is 0.147. The lowest BCUT2D eigenvalue weighted by molar-refractivity contribution is -0.174. The summed E-state index contributed by atoms with van der Waals surface area (Å²) in [5.41, 5.74) is 11.4. The molecule has 10 nitrogen and oxygen atoms in total. The molecule has 192 valence electrons. The number of nitrogens with zero attached hydrogens (tertiary/aromatic N) is 1. The first-order valence-electron chi connectivity index (χ1n) is 9.76. The molecule has 0 saturated heterocycles. The Morgan fingerprint density at radius 3 is 2.15 bits per heavy atom. The molecule has 0 radical (unpaired) electrons. The van der Waals surface area contributed by atoms with Crippen LogP contribution in [0.4, 0.5) is 18.9 Å². The molecule has 1 aromatic rings. The van der Waals surface area contributed by atoms with Gasteiger partial charge in [0.25, 0.3) is 0 Å². The molecule has 0 aromatic heterocycles. The molecular formula is C18H25Cl2F3N5O5P. The standard InChI is InChI=1S/C18H25Cl2F3N5O5P/c19-7-9-28(10-8-20)34(25,32)33-11-12-1-3-13(4-2-12)26-16(30)14(5-6-15(24)29)27-17(31)18(21,22)23/h1-4,14H,5-11H2,(H2,24,29)(H2,25,32)(H,26,30)(H,27,31)/t14-,34?/m0/s1. The number of halogens is 5. The van der Waals surface area contributed by atoms with Crippen LogP contribution in [0.3, 0.4) is 0 Å². The lowest BCUT2D eigenvalue weighted by atomic mass is 10.1. The van der Waals surface area contributed by atoms with E-state index in [9.17, 15) is 32.1 Å². The van der Waals surface area contributed by atoms with Crippen LogP contribution in [0.15, 0.2) is 24.3 Å². The average Bonchev–Trinajstić information content (AvgIpc) is 2.75. The molecule has 0 heterocycles. The Bertz CT molecular complexity index is 886. The Morgan fingerprint density at radius 2 is 1.68 bits per heavy atom. The van der Waals surface area contributed by atoms with E-state index in [1.54, 1.807) is 0 Å². The molecule has 6 N–H and O–H groups in total. The van der Waals surface area contributed by atoms with Crippen LogP contribution in [0.25, 0.3) is 0 Å². The smallest absolute Gasteiger partial charge is 0.370 e. The Morgan fingerprint density at radius 1 is 1.12 bits per heavy atom. The predicted molar refractivity (Wildman–Crippen MR) is 121 cm³/mol. The van der Waals surface area contributed by atoms with Crippen molar-refractivity contribution in [2.45, 2.75) is 31.7 Å². The fraction of sp³-hybridized carbons (Fsp3) is 0.500. The second-order valence-corrected chi connectivity index (χ2v) is 9.59. The minimum atomic E-state index is -5.21. The molecule has 0 saturated carbocycles. The third-order valence-corrected chi connectivity index (χ3v) is 6.30. The van der Waals surface area contributed by atoms with E-state index in [4.69, 9.17) is 39.0 Å². The van der Waals surface area contributed by atoms with Gasteiger partial charge in [-0.05, 0) is 24.1 Å². The zero-order valence-electron chi connectivity index (χ0n) is 17.8. The Kier molecular flexibility index (Phi) is 12.3. The normalized spacial score (nSPS) is 14.3. The van der Waals surface area contributed by atoms with Crippen LogP contribution in [0.2, 0.25) is 0 Å². The maximum atomic E-state index is 12.6. The van der Waals surface area contributed by atoms with Crippen LogP contribution in [-0.4, -0.2) is 59.5 Å². The number of alkyl halides is 5.